The van der Waals surface area contributed by atoms with Gasteiger partial charge in [-0.25, -0.2) is 14.8 Å². The summed E-state index contributed by atoms with van der Waals surface area (Å²) >= 11 is 5.36. The lowest BCUT2D eigenvalue weighted by molar-refractivity contribution is 0.208. The standard InChI is InChI=1S/C23H26BrN5OS/c1-2-19-26-21(20-15-7-3-6-10-18(15)31-22(20)27-19)28-11-13-29(14-12-28)23(30)25-17-9-5-4-8-16(17)24/h4-5,8-9H,2-3,6-7,10-14H2,1H3,(H,25,30). The van der Waals surface area contributed by atoms with E-state index in [1.807, 2.05) is 40.5 Å². The van der Waals surface area contributed by atoms with Gasteiger partial charge in [0.25, 0.3) is 0 Å². The SMILES string of the molecule is CCc1nc(N2CCN(C(=O)Nc3ccccc3Br)CC2)c2c3c(sc2n1)CCCC3. The van der Waals surface area contributed by atoms with E-state index >= 15 is 0 Å². The van der Waals surface area contributed by atoms with Crippen LogP contribution in [-0.4, -0.2) is 47.1 Å². The number of fused-ring (bicyclic) bond motifs is 3. The van der Waals surface area contributed by atoms with Crippen molar-refractivity contribution in [2.24, 2.45) is 0 Å². The van der Waals surface area contributed by atoms with E-state index in [4.69, 9.17) is 9.97 Å². The molecule has 1 fully saturated rings. The summed E-state index contributed by atoms with van der Waals surface area (Å²) in [7, 11) is 0. The summed E-state index contributed by atoms with van der Waals surface area (Å²) in [6, 6.07) is 7.64. The topological polar surface area (TPSA) is 61.4 Å². The lowest BCUT2D eigenvalue weighted by Gasteiger charge is -2.36. The Kier molecular flexibility index (Phi) is 5.84. The Labute approximate surface area is 194 Å². The van der Waals surface area contributed by atoms with Gasteiger partial charge < -0.3 is 15.1 Å². The number of nitrogens with one attached hydrogen (secondary N) is 1. The van der Waals surface area contributed by atoms with E-state index < -0.39 is 0 Å². The van der Waals surface area contributed by atoms with Crippen LogP contribution in [-0.2, 0) is 19.3 Å². The fourth-order valence-electron chi connectivity index (χ4n) is 4.45. The van der Waals surface area contributed by atoms with E-state index in [1.165, 1.54) is 35.1 Å². The van der Waals surface area contributed by atoms with E-state index in [9.17, 15) is 4.79 Å². The van der Waals surface area contributed by atoms with Crippen LogP contribution >= 0.6 is 27.3 Å². The van der Waals surface area contributed by atoms with Crippen molar-refractivity contribution in [2.45, 2.75) is 39.0 Å². The molecule has 0 unspecified atom stereocenters. The Hall–Kier alpha value is -2.19. The number of carbonyl (C=O) groups excluding carboxylic acids is 1. The van der Waals surface area contributed by atoms with Crippen LogP contribution in [0.4, 0.5) is 16.3 Å². The average molecular weight is 500 g/mol. The minimum atomic E-state index is -0.0541. The van der Waals surface area contributed by atoms with Crippen molar-refractivity contribution in [3.8, 4) is 0 Å². The van der Waals surface area contributed by atoms with Crippen molar-refractivity contribution in [3.05, 3.63) is 45.0 Å². The van der Waals surface area contributed by atoms with E-state index in [0.717, 1.165) is 52.6 Å². The summed E-state index contributed by atoms with van der Waals surface area (Å²) in [5.41, 5.74) is 2.27. The molecular formula is C23H26BrN5OS. The number of anilines is 2. The number of piperazine rings is 1. The van der Waals surface area contributed by atoms with Gasteiger partial charge >= 0.3 is 6.03 Å². The Bertz CT molecular complexity index is 1120. The van der Waals surface area contributed by atoms with Crippen LogP contribution in [0.2, 0.25) is 0 Å². The highest BCUT2D eigenvalue weighted by atomic mass is 79.9. The minimum absolute atomic E-state index is 0.0541. The van der Waals surface area contributed by atoms with Crippen molar-refractivity contribution in [3.63, 3.8) is 0 Å². The molecule has 3 aromatic rings. The number of hydrogen-bond donors (Lipinski definition) is 1. The first-order valence-corrected chi connectivity index (χ1v) is 12.6. The third kappa shape index (κ3) is 4.03. The summed E-state index contributed by atoms with van der Waals surface area (Å²) in [4.78, 5) is 29.5. The first kappa shape index (κ1) is 20.7. The third-order valence-electron chi connectivity index (χ3n) is 6.14. The molecule has 1 aliphatic heterocycles. The van der Waals surface area contributed by atoms with Crippen LogP contribution < -0.4 is 10.2 Å². The summed E-state index contributed by atoms with van der Waals surface area (Å²) in [6.07, 6.45) is 5.65. The van der Waals surface area contributed by atoms with Crippen molar-refractivity contribution in [1.29, 1.82) is 0 Å². The number of aryl methyl sites for hydroxylation is 3. The maximum atomic E-state index is 12.8. The van der Waals surface area contributed by atoms with Gasteiger partial charge in [0.1, 0.15) is 16.5 Å². The van der Waals surface area contributed by atoms with Crippen molar-refractivity contribution in [2.75, 3.05) is 36.4 Å². The molecule has 0 atom stereocenters. The van der Waals surface area contributed by atoms with E-state index in [2.05, 4.69) is 33.1 Å². The number of halogens is 1. The molecule has 2 aliphatic rings. The molecule has 8 heteroatoms. The summed E-state index contributed by atoms with van der Waals surface area (Å²) < 4.78 is 0.889. The number of hydrogen-bond acceptors (Lipinski definition) is 5. The molecule has 2 aromatic heterocycles. The number of aromatic nitrogens is 2. The van der Waals surface area contributed by atoms with Gasteiger partial charge in [-0.05, 0) is 59.3 Å². The molecule has 0 bridgehead atoms. The zero-order valence-electron chi connectivity index (χ0n) is 17.7. The molecule has 0 spiro atoms. The first-order chi connectivity index (χ1) is 15.1. The second-order valence-corrected chi connectivity index (χ2v) is 10.0. The number of thiophene rings is 1. The molecule has 5 rings (SSSR count). The lowest BCUT2D eigenvalue weighted by Crippen LogP contribution is -2.50. The Morgan fingerprint density at radius 3 is 2.68 bits per heavy atom. The summed E-state index contributed by atoms with van der Waals surface area (Å²) in [5.74, 6) is 1.99. The van der Waals surface area contributed by atoms with E-state index in [1.54, 1.807) is 0 Å². The highest BCUT2D eigenvalue weighted by molar-refractivity contribution is 9.10. The predicted molar refractivity (Wildman–Crippen MR) is 130 cm³/mol. The van der Waals surface area contributed by atoms with Crippen LogP contribution in [0.25, 0.3) is 10.2 Å². The maximum absolute atomic E-state index is 12.8. The molecule has 1 aromatic carbocycles. The maximum Gasteiger partial charge on any atom is 0.321 e. The summed E-state index contributed by atoms with van der Waals surface area (Å²) in [5, 5.41) is 4.28. The van der Waals surface area contributed by atoms with Gasteiger partial charge in [0.05, 0.1) is 11.1 Å². The zero-order valence-corrected chi connectivity index (χ0v) is 20.1. The van der Waals surface area contributed by atoms with Gasteiger partial charge in [-0.1, -0.05) is 19.1 Å². The fourth-order valence-corrected chi connectivity index (χ4v) is 6.10. The Balaban J connectivity index is 1.36. The molecule has 3 heterocycles. The number of amides is 2. The molecule has 2 amide bonds. The first-order valence-electron chi connectivity index (χ1n) is 11.0. The Morgan fingerprint density at radius 2 is 1.90 bits per heavy atom. The predicted octanol–water partition coefficient (Wildman–Crippen LogP) is 5.25. The molecule has 6 nitrogen and oxygen atoms in total. The van der Waals surface area contributed by atoms with Gasteiger partial charge in [-0.3, -0.25) is 0 Å². The molecule has 0 saturated carbocycles. The van der Waals surface area contributed by atoms with Crippen molar-refractivity contribution < 1.29 is 4.79 Å². The highest BCUT2D eigenvalue weighted by Crippen LogP contribution is 2.40. The average Bonchev–Trinajstić information content (AvgIpc) is 3.18. The van der Waals surface area contributed by atoms with Gasteiger partial charge in [0.2, 0.25) is 0 Å². The second-order valence-electron chi connectivity index (χ2n) is 8.09. The van der Waals surface area contributed by atoms with Gasteiger partial charge in [-0.15, -0.1) is 11.3 Å². The monoisotopic (exact) mass is 499 g/mol. The smallest absolute Gasteiger partial charge is 0.321 e. The highest BCUT2D eigenvalue weighted by Gasteiger charge is 2.27. The number of benzene rings is 1. The molecule has 0 radical (unpaired) electrons. The van der Waals surface area contributed by atoms with Gasteiger partial charge in [-0.2, -0.15) is 0 Å². The van der Waals surface area contributed by atoms with Crippen LogP contribution in [0, 0.1) is 0 Å². The minimum Gasteiger partial charge on any atom is -0.352 e. The second kappa shape index (κ2) is 8.74. The van der Waals surface area contributed by atoms with Gasteiger partial charge in [0.15, 0.2) is 0 Å². The van der Waals surface area contributed by atoms with Crippen LogP contribution in [0.5, 0.6) is 0 Å². The van der Waals surface area contributed by atoms with Crippen LogP contribution in [0.1, 0.15) is 36.0 Å². The van der Waals surface area contributed by atoms with E-state index in [-0.39, 0.29) is 6.03 Å². The molecule has 1 N–H and O–H groups in total. The fraction of sp³-hybridized carbons (Fsp3) is 0.435. The Morgan fingerprint density at radius 1 is 1.13 bits per heavy atom. The largest absolute Gasteiger partial charge is 0.352 e. The number of carbonyl (C=O) groups is 1. The van der Waals surface area contributed by atoms with Gasteiger partial charge in [0, 0.05) is 41.9 Å². The number of para-hydroxylation sites is 1. The van der Waals surface area contributed by atoms with E-state index in [0.29, 0.717) is 13.1 Å². The lowest BCUT2D eigenvalue weighted by atomic mass is 9.97. The molecular weight excluding hydrogens is 474 g/mol. The molecule has 162 valence electrons. The molecule has 31 heavy (non-hydrogen) atoms. The number of urea groups is 1. The quantitative estimate of drug-likeness (QED) is 0.534. The summed E-state index contributed by atoms with van der Waals surface area (Å²) in [6.45, 7) is 5.03. The number of nitrogens with zero attached hydrogens (tertiary/aromatic N) is 4. The van der Waals surface area contributed by atoms with Crippen molar-refractivity contribution in [1.82, 2.24) is 14.9 Å². The molecule has 1 saturated heterocycles. The zero-order chi connectivity index (χ0) is 21.4. The van der Waals surface area contributed by atoms with Crippen molar-refractivity contribution >= 4 is 55.0 Å². The third-order valence-corrected chi connectivity index (χ3v) is 8.02. The normalized spacial score (nSPS) is 16.5. The number of rotatable bonds is 3. The molecule has 1 aliphatic carbocycles. The van der Waals surface area contributed by atoms with Crippen LogP contribution in [0.3, 0.4) is 0 Å². The van der Waals surface area contributed by atoms with Crippen LogP contribution in [0.15, 0.2) is 28.7 Å².